The SMILES string of the molecule is CC/C=C(/C=C/C(C)O)C(C)(C)CC. The van der Waals surface area contributed by atoms with Crippen LogP contribution in [-0.2, 0) is 0 Å². The third-order valence-electron chi connectivity index (χ3n) is 2.64. The lowest BCUT2D eigenvalue weighted by Gasteiger charge is -2.24. The van der Waals surface area contributed by atoms with Crippen molar-refractivity contribution in [1.29, 1.82) is 0 Å². The molecule has 1 atom stereocenters. The molecule has 0 radical (unpaired) electrons. The lowest BCUT2D eigenvalue weighted by molar-refractivity contribution is 0.244. The van der Waals surface area contributed by atoms with Crippen LogP contribution in [0.1, 0.15) is 47.5 Å². The molecule has 0 heterocycles. The van der Waals surface area contributed by atoms with Crippen molar-refractivity contribution in [2.75, 3.05) is 0 Å². The Balaban J connectivity index is 4.70. The molecule has 1 unspecified atom stereocenters. The van der Waals surface area contributed by atoms with Gasteiger partial charge in [-0.15, -0.1) is 0 Å². The van der Waals surface area contributed by atoms with Gasteiger partial charge in [-0.3, -0.25) is 0 Å². The summed E-state index contributed by atoms with van der Waals surface area (Å²) in [6.07, 6.45) is 7.94. The minimum atomic E-state index is -0.358. The van der Waals surface area contributed by atoms with Gasteiger partial charge < -0.3 is 5.11 Å². The summed E-state index contributed by atoms with van der Waals surface area (Å²) in [4.78, 5) is 0. The largest absolute Gasteiger partial charge is 0.389 e. The van der Waals surface area contributed by atoms with E-state index in [9.17, 15) is 5.11 Å². The van der Waals surface area contributed by atoms with Gasteiger partial charge >= 0.3 is 0 Å². The highest BCUT2D eigenvalue weighted by atomic mass is 16.3. The van der Waals surface area contributed by atoms with Crippen LogP contribution >= 0.6 is 0 Å². The van der Waals surface area contributed by atoms with Crippen molar-refractivity contribution < 1.29 is 5.11 Å². The molecule has 0 bridgehead atoms. The first-order valence-electron chi connectivity index (χ1n) is 5.51. The predicted octanol–water partition coefficient (Wildman–Crippen LogP) is 3.70. The fourth-order valence-electron chi connectivity index (χ4n) is 1.24. The van der Waals surface area contributed by atoms with Crippen molar-refractivity contribution in [2.45, 2.75) is 53.6 Å². The first kappa shape index (κ1) is 13.4. The zero-order valence-corrected chi connectivity index (χ0v) is 10.2. The number of allylic oxidation sites excluding steroid dienone is 3. The molecular formula is C13H24O. The van der Waals surface area contributed by atoms with Crippen molar-refractivity contribution in [3.63, 3.8) is 0 Å². The highest BCUT2D eigenvalue weighted by molar-refractivity contribution is 5.25. The number of hydrogen-bond donors (Lipinski definition) is 1. The Morgan fingerprint density at radius 3 is 2.29 bits per heavy atom. The quantitative estimate of drug-likeness (QED) is 0.665. The summed E-state index contributed by atoms with van der Waals surface area (Å²) in [5, 5.41) is 9.19. The van der Waals surface area contributed by atoms with Crippen LogP contribution in [0.2, 0.25) is 0 Å². The van der Waals surface area contributed by atoms with Crippen LogP contribution in [0.4, 0.5) is 0 Å². The number of hydrogen-bond acceptors (Lipinski definition) is 1. The Bertz CT molecular complexity index is 209. The Kier molecular flexibility index (Phi) is 5.78. The minimum absolute atomic E-state index is 0.210. The molecule has 0 aromatic rings. The zero-order chi connectivity index (χ0) is 11.2. The zero-order valence-electron chi connectivity index (χ0n) is 10.2. The molecule has 0 amide bonds. The molecule has 14 heavy (non-hydrogen) atoms. The van der Waals surface area contributed by atoms with E-state index >= 15 is 0 Å². The van der Waals surface area contributed by atoms with Gasteiger partial charge in [0.25, 0.3) is 0 Å². The minimum Gasteiger partial charge on any atom is -0.389 e. The van der Waals surface area contributed by atoms with Crippen LogP contribution in [0, 0.1) is 5.41 Å². The fourth-order valence-corrected chi connectivity index (χ4v) is 1.24. The molecule has 1 nitrogen and oxygen atoms in total. The molecule has 0 saturated heterocycles. The molecule has 0 fully saturated rings. The second kappa shape index (κ2) is 6.02. The van der Waals surface area contributed by atoms with Crippen molar-refractivity contribution in [1.82, 2.24) is 0 Å². The number of aliphatic hydroxyl groups excluding tert-OH is 1. The van der Waals surface area contributed by atoms with Gasteiger partial charge in [0.05, 0.1) is 6.10 Å². The smallest absolute Gasteiger partial charge is 0.0695 e. The average molecular weight is 196 g/mol. The maximum absolute atomic E-state index is 9.19. The number of aliphatic hydroxyl groups is 1. The average Bonchev–Trinajstić information content (AvgIpc) is 2.11. The van der Waals surface area contributed by atoms with E-state index in [2.05, 4.69) is 39.8 Å². The van der Waals surface area contributed by atoms with E-state index in [1.54, 1.807) is 6.92 Å². The maximum atomic E-state index is 9.19. The third-order valence-corrected chi connectivity index (χ3v) is 2.64. The normalized spacial score (nSPS) is 16.3. The summed E-state index contributed by atoms with van der Waals surface area (Å²) in [7, 11) is 0. The molecule has 1 N–H and O–H groups in total. The van der Waals surface area contributed by atoms with Crippen molar-refractivity contribution in [3.05, 3.63) is 23.8 Å². The fraction of sp³-hybridized carbons (Fsp3) is 0.692. The number of rotatable bonds is 5. The van der Waals surface area contributed by atoms with Crippen LogP contribution in [0.15, 0.2) is 23.8 Å². The lowest BCUT2D eigenvalue weighted by atomic mass is 9.81. The van der Waals surface area contributed by atoms with Gasteiger partial charge in [0.2, 0.25) is 0 Å². The van der Waals surface area contributed by atoms with Crippen molar-refractivity contribution in [2.24, 2.45) is 5.41 Å². The van der Waals surface area contributed by atoms with Crippen LogP contribution in [0.25, 0.3) is 0 Å². The molecule has 0 saturated carbocycles. The standard InChI is InChI=1S/C13H24O/c1-6-8-12(10-9-11(3)14)13(4,5)7-2/h8-11,14H,6-7H2,1-5H3/b10-9+,12-8-. The van der Waals surface area contributed by atoms with Gasteiger partial charge in [-0.05, 0) is 30.8 Å². The van der Waals surface area contributed by atoms with E-state index in [0.717, 1.165) is 12.8 Å². The van der Waals surface area contributed by atoms with Crippen molar-refractivity contribution in [3.8, 4) is 0 Å². The molecular weight excluding hydrogens is 172 g/mol. The Labute approximate surface area is 88.5 Å². The monoisotopic (exact) mass is 196 g/mol. The summed E-state index contributed by atoms with van der Waals surface area (Å²) < 4.78 is 0. The van der Waals surface area contributed by atoms with E-state index in [1.165, 1.54) is 5.57 Å². The van der Waals surface area contributed by atoms with E-state index in [1.807, 2.05) is 6.08 Å². The summed E-state index contributed by atoms with van der Waals surface area (Å²) in [6.45, 7) is 10.6. The van der Waals surface area contributed by atoms with Gasteiger partial charge in [-0.2, -0.15) is 0 Å². The molecule has 0 spiro atoms. The van der Waals surface area contributed by atoms with Gasteiger partial charge in [0.1, 0.15) is 0 Å². The van der Waals surface area contributed by atoms with E-state index < -0.39 is 0 Å². The van der Waals surface area contributed by atoms with Gasteiger partial charge in [0.15, 0.2) is 0 Å². The highest BCUT2D eigenvalue weighted by Gasteiger charge is 2.18. The van der Waals surface area contributed by atoms with Crippen LogP contribution in [0.5, 0.6) is 0 Å². The Hall–Kier alpha value is -0.560. The van der Waals surface area contributed by atoms with Gasteiger partial charge in [0, 0.05) is 0 Å². The van der Waals surface area contributed by atoms with Crippen LogP contribution in [-0.4, -0.2) is 11.2 Å². The summed E-state index contributed by atoms with van der Waals surface area (Å²) in [5.74, 6) is 0. The molecule has 0 aliphatic rings. The lowest BCUT2D eigenvalue weighted by Crippen LogP contribution is -2.12. The van der Waals surface area contributed by atoms with E-state index in [-0.39, 0.29) is 11.5 Å². The molecule has 1 heteroatoms. The second-order valence-electron chi connectivity index (χ2n) is 4.40. The third kappa shape index (κ3) is 4.61. The second-order valence-corrected chi connectivity index (χ2v) is 4.40. The molecule has 0 rings (SSSR count). The first-order valence-corrected chi connectivity index (χ1v) is 5.51. The molecule has 0 aliphatic carbocycles. The predicted molar refractivity (Wildman–Crippen MR) is 63.3 cm³/mol. The van der Waals surface area contributed by atoms with E-state index in [0.29, 0.717) is 0 Å². The Morgan fingerprint density at radius 2 is 1.93 bits per heavy atom. The first-order chi connectivity index (χ1) is 6.44. The molecule has 0 aliphatic heterocycles. The Morgan fingerprint density at radius 1 is 1.36 bits per heavy atom. The highest BCUT2D eigenvalue weighted by Crippen LogP contribution is 2.31. The van der Waals surface area contributed by atoms with Crippen molar-refractivity contribution >= 4 is 0 Å². The summed E-state index contributed by atoms with van der Waals surface area (Å²) in [5.41, 5.74) is 1.53. The summed E-state index contributed by atoms with van der Waals surface area (Å²) in [6, 6.07) is 0. The molecule has 0 aromatic heterocycles. The maximum Gasteiger partial charge on any atom is 0.0695 e. The molecule has 0 aromatic carbocycles. The van der Waals surface area contributed by atoms with Gasteiger partial charge in [-0.1, -0.05) is 45.9 Å². The van der Waals surface area contributed by atoms with Crippen LogP contribution in [0.3, 0.4) is 0 Å². The van der Waals surface area contributed by atoms with E-state index in [4.69, 9.17) is 0 Å². The topological polar surface area (TPSA) is 20.2 Å². The summed E-state index contributed by atoms with van der Waals surface area (Å²) >= 11 is 0. The van der Waals surface area contributed by atoms with Crippen LogP contribution < -0.4 is 0 Å². The molecule has 82 valence electrons. The van der Waals surface area contributed by atoms with Gasteiger partial charge in [-0.25, -0.2) is 0 Å².